The van der Waals surface area contributed by atoms with Crippen LogP contribution in [0.2, 0.25) is 5.02 Å². The zero-order chi connectivity index (χ0) is 22.2. The molecular weight excluding hydrogens is 424 g/mol. The van der Waals surface area contributed by atoms with E-state index in [0.29, 0.717) is 40.8 Å². The van der Waals surface area contributed by atoms with Gasteiger partial charge < -0.3 is 10.2 Å². The number of aromatic nitrogens is 1. The Morgan fingerprint density at radius 3 is 2.81 bits per heavy atom. The summed E-state index contributed by atoms with van der Waals surface area (Å²) in [6, 6.07) is 16.9. The first kappa shape index (κ1) is 20.1. The minimum atomic E-state index is -0.649. The molecule has 32 heavy (non-hydrogen) atoms. The molecule has 1 atom stereocenters. The number of ketones is 1. The average Bonchev–Trinajstić information content (AvgIpc) is 3.29. The van der Waals surface area contributed by atoms with Gasteiger partial charge in [0.05, 0.1) is 29.4 Å². The van der Waals surface area contributed by atoms with Crippen molar-refractivity contribution in [3.8, 4) is 17.4 Å². The van der Waals surface area contributed by atoms with Crippen LogP contribution in [0.4, 0.5) is 5.69 Å². The first-order valence-corrected chi connectivity index (χ1v) is 10.7. The zero-order valence-corrected chi connectivity index (χ0v) is 17.8. The third-order valence-corrected chi connectivity index (χ3v) is 6.07. The van der Waals surface area contributed by atoms with Crippen LogP contribution in [-0.4, -0.2) is 10.8 Å². The van der Waals surface area contributed by atoms with E-state index in [0.717, 1.165) is 23.4 Å². The van der Waals surface area contributed by atoms with E-state index in [1.165, 1.54) is 0 Å². The van der Waals surface area contributed by atoms with Gasteiger partial charge in [-0.05, 0) is 49.2 Å². The van der Waals surface area contributed by atoms with Gasteiger partial charge in [0.15, 0.2) is 5.78 Å². The predicted octanol–water partition coefficient (Wildman–Crippen LogP) is 5.30. The lowest BCUT2D eigenvalue weighted by Gasteiger charge is -2.38. The van der Waals surface area contributed by atoms with Gasteiger partial charge in [-0.1, -0.05) is 23.7 Å². The highest BCUT2D eigenvalue weighted by Crippen LogP contribution is 2.47. The van der Waals surface area contributed by atoms with Gasteiger partial charge in [0, 0.05) is 34.5 Å². The smallest absolute Gasteiger partial charge is 0.161 e. The summed E-state index contributed by atoms with van der Waals surface area (Å²) in [4.78, 5) is 19.1. The van der Waals surface area contributed by atoms with Crippen LogP contribution in [0.25, 0.3) is 11.3 Å². The van der Waals surface area contributed by atoms with Crippen molar-refractivity contribution in [3.05, 3.63) is 94.4 Å². The molecule has 2 N–H and O–H groups in total. The second-order valence-electron chi connectivity index (χ2n) is 7.74. The fraction of sp³-hybridized carbons (Fsp3) is 0.160. The quantitative estimate of drug-likeness (QED) is 0.591. The van der Waals surface area contributed by atoms with Crippen LogP contribution < -0.4 is 10.6 Å². The number of halogens is 1. The van der Waals surface area contributed by atoms with Crippen LogP contribution in [0.15, 0.2) is 88.0 Å². The second kappa shape index (κ2) is 8.03. The van der Waals surface area contributed by atoms with Crippen LogP contribution in [0.1, 0.15) is 30.9 Å². The van der Waals surface area contributed by atoms with Crippen molar-refractivity contribution in [2.24, 2.45) is 5.73 Å². The van der Waals surface area contributed by atoms with Gasteiger partial charge >= 0.3 is 0 Å². The molecule has 0 saturated carbocycles. The SMILES string of the molecule is N#CC1=C(N)N(c2cccnc2)C2=C(C(=O)CCC2)[C@@H]1c1ccc(-c2cccc(Cl)c2)o1. The molecule has 2 aromatic heterocycles. The second-order valence-corrected chi connectivity index (χ2v) is 8.18. The summed E-state index contributed by atoms with van der Waals surface area (Å²) >= 11 is 6.13. The fourth-order valence-electron chi connectivity index (χ4n) is 4.46. The standard InChI is InChI=1S/C25H19ClN4O2/c26-16-5-1-4-15(12-16)21-9-10-22(32-21)23-18(13-27)25(28)30(17-6-3-11-29-14-17)19-7-2-8-20(31)24(19)23/h1,3-6,9-12,14,23H,2,7-8,28H2/t23-/m0/s1. The van der Waals surface area contributed by atoms with Gasteiger partial charge in [-0.2, -0.15) is 5.26 Å². The lowest BCUT2D eigenvalue weighted by molar-refractivity contribution is -0.116. The van der Waals surface area contributed by atoms with Gasteiger partial charge in [0.2, 0.25) is 0 Å². The van der Waals surface area contributed by atoms with E-state index in [2.05, 4.69) is 11.1 Å². The number of hydrogen-bond donors (Lipinski definition) is 1. The number of nitriles is 1. The van der Waals surface area contributed by atoms with E-state index in [1.54, 1.807) is 41.6 Å². The van der Waals surface area contributed by atoms with Gasteiger partial charge in [-0.3, -0.25) is 14.7 Å². The highest BCUT2D eigenvalue weighted by Gasteiger charge is 2.41. The van der Waals surface area contributed by atoms with Gasteiger partial charge in [-0.15, -0.1) is 0 Å². The fourth-order valence-corrected chi connectivity index (χ4v) is 4.65. The number of carbonyl (C=O) groups excluding carboxylic acids is 1. The summed E-state index contributed by atoms with van der Waals surface area (Å²) < 4.78 is 6.17. The number of benzene rings is 1. The Morgan fingerprint density at radius 1 is 1.19 bits per heavy atom. The highest BCUT2D eigenvalue weighted by atomic mass is 35.5. The molecule has 0 unspecified atom stereocenters. The van der Waals surface area contributed by atoms with Crippen LogP contribution >= 0.6 is 11.6 Å². The molecule has 7 heteroatoms. The molecule has 158 valence electrons. The summed E-state index contributed by atoms with van der Waals surface area (Å²) in [6.45, 7) is 0. The van der Waals surface area contributed by atoms with Crippen LogP contribution in [0.3, 0.4) is 0 Å². The van der Waals surface area contributed by atoms with E-state index in [9.17, 15) is 10.1 Å². The summed E-state index contributed by atoms with van der Waals surface area (Å²) in [7, 11) is 0. The number of anilines is 1. The average molecular weight is 443 g/mol. The maximum absolute atomic E-state index is 13.1. The lowest BCUT2D eigenvalue weighted by Crippen LogP contribution is -2.38. The summed E-state index contributed by atoms with van der Waals surface area (Å²) in [5, 5.41) is 10.7. The third-order valence-electron chi connectivity index (χ3n) is 5.84. The third kappa shape index (κ3) is 3.28. The van der Waals surface area contributed by atoms with Gasteiger partial charge in [-0.25, -0.2) is 0 Å². The molecule has 0 saturated heterocycles. The molecule has 6 nitrogen and oxygen atoms in total. The van der Waals surface area contributed by atoms with Gasteiger partial charge in [0.25, 0.3) is 0 Å². The molecule has 3 aromatic rings. The molecular formula is C25H19ClN4O2. The molecule has 3 heterocycles. The minimum Gasteiger partial charge on any atom is -0.460 e. The van der Waals surface area contributed by atoms with Crippen LogP contribution in [0.5, 0.6) is 0 Å². The van der Waals surface area contributed by atoms with E-state index in [1.807, 2.05) is 24.3 Å². The first-order valence-electron chi connectivity index (χ1n) is 10.3. The van der Waals surface area contributed by atoms with Crippen LogP contribution in [0, 0.1) is 11.3 Å². The summed E-state index contributed by atoms with van der Waals surface area (Å²) in [5.41, 5.74) is 9.73. The summed E-state index contributed by atoms with van der Waals surface area (Å²) in [5.74, 6) is 0.765. The Hall–Kier alpha value is -3.82. The molecule has 2 aliphatic rings. The molecule has 0 radical (unpaired) electrons. The van der Waals surface area contributed by atoms with Crippen molar-refractivity contribution < 1.29 is 9.21 Å². The van der Waals surface area contributed by atoms with Crippen molar-refractivity contribution in [3.63, 3.8) is 0 Å². The van der Waals surface area contributed by atoms with E-state index in [-0.39, 0.29) is 11.4 Å². The number of hydrogen-bond acceptors (Lipinski definition) is 6. The monoisotopic (exact) mass is 442 g/mol. The molecule has 0 bridgehead atoms. The zero-order valence-electron chi connectivity index (χ0n) is 17.1. The van der Waals surface area contributed by atoms with Gasteiger partial charge in [0.1, 0.15) is 17.3 Å². The minimum absolute atomic E-state index is 0.00564. The number of Topliss-reactive ketones (excluding diaryl/α,β-unsaturated/α-hetero) is 1. The molecule has 1 aliphatic carbocycles. The number of nitrogens with two attached hydrogens (primary N) is 1. The number of furan rings is 1. The molecule has 1 aromatic carbocycles. The molecule has 1 aliphatic heterocycles. The molecule has 0 amide bonds. The largest absolute Gasteiger partial charge is 0.460 e. The number of pyridine rings is 1. The summed E-state index contributed by atoms with van der Waals surface area (Å²) in [6.07, 6.45) is 5.17. The molecule has 5 rings (SSSR count). The molecule has 0 fully saturated rings. The maximum atomic E-state index is 13.1. The Balaban J connectivity index is 1.67. The number of rotatable bonds is 3. The number of carbonyl (C=O) groups is 1. The molecule has 0 spiro atoms. The number of nitrogens with zero attached hydrogens (tertiary/aromatic N) is 3. The normalized spacial score (nSPS) is 18.6. The van der Waals surface area contributed by atoms with Crippen molar-refractivity contribution >= 4 is 23.1 Å². The Kier molecular flexibility index (Phi) is 5.04. The van der Waals surface area contributed by atoms with E-state index < -0.39 is 5.92 Å². The topological polar surface area (TPSA) is 96.1 Å². The van der Waals surface area contributed by atoms with Crippen molar-refractivity contribution in [1.82, 2.24) is 4.98 Å². The highest BCUT2D eigenvalue weighted by molar-refractivity contribution is 6.30. The van der Waals surface area contributed by atoms with E-state index in [4.69, 9.17) is 21.8 Å². The van der Waals surface area contributed by atoms with Crippen molar-refractivity contribution in [2.75, 3.05) is 4.90 Å². The Labute approximate surface area is 190 Å². The van der Waals surface area contributed by atoms with Crippen molar-refractivity contribution in [2.45, 2.75) is 25.2 Å². The van der Waals surface area contributed by atoms with E-state index >= 15 is 0 Å². The maximum Gasteiger partial charge on any atom is 0.161 e. The number of allylic oxidation sites excluding steroid dienone is 3. The Bertz CT molecular complexity index is 1320. The predicted molar refractivity (Wildman–Crippen MR) is 121 cm³/mol. The van der Waals surface area contributed by atoms with Crippen molar-refractivity contribution in [1.29, 1.82) is 5.26 Å². The first-order chi connectivity index (χ1) is 15.6. The lowest BCUT2D eigenvalue weighted by atomic mass is 9.78. The Morgan fingerprint density at radius 2 is 2.06 bits per heavy atom. The van der Waals surface area contributed by atoms with Crippen LogP contribution in [-0.2, 0) is 4.79 Å².